The van der Waals surface area contributed by atoms with Crippen LogP contribution in [-0.4, -0.2) is 37.1 Å². The van der Waals surface area contributed by atoms with Crippen LogP contribution in [0.5, 0.6) is 0 Å². The molecule has 0 saturated carbocycles. The Morgan fingerprint density at radius 3 is 3.00 bits per heavy atom. The Morgan fingerprint density at radius 2 is 2.30 bits per heavy atom. The van der Waals surface area contributed by atoms with Gasteiger partial charge in [0.15, 0.2) is 0 Å². The Bertz CT molecular complexity index is 459. The molecule has 6 heteroatoms. The highest BCUT2D eigenvalue weighted by Crippen LogP contribution is 2.20. The monoisotopic (exact) mass is 298 g/mol. The van der Waals surface area contributed by atoms with Gasteiger partial charge in [0.05, 0.1) is 12.1 Å². The van der Waals surface area contributed by atoms with Gasteiger partial charge in [-0.1, -0.05) is 12.1 Å². The van der Waals surface area contributed by atoms with E-state index in [1.165, 1.54) is 17.8 Å². The van der Waals surface area contributed by atoms with Gasteiger partial charge in [0.2, 0.25) is 0 Å². The molecule has 0 aromatic heterocycles. The molecule has 1 saturated heterocycles. The first kappa shape index (κ1) is 15.1. The van der Waals surface area contributed by atoms with E-state index < -0.39 is 0 Å². The molecule has 1 aromatic rings. The van der Waals surface area contributed by atoms with E-state index in [2.05, 4.69) is 10.6 Å². The maximum Gasteiger partial charge on any atom is 0.315 e. The fourth-order valence-corrected chi connectivity index (χ4v) is 2.83. The number of halogens is 1. The molecule has 20 heavy (non-hydrogen) atoms. The number of hydrogen-bond acceptors (Lipinski definition) is 3. The quantitative estimate of drug-likeness (QED) is 0.648. The molecule has 1 aromatic carbocycles. The molecule has 0 bridgehead atoms. The number of rotatable bonds is 5. The topological polar surface area (TPSA) is 50.4 Å². The van der Waals surface area contributed by atoms with Gasteiger partial charge in [0.25, 0.3) is 0 Å². The second-order valence-corrected chi connectivity index (χ2v) is 5.79. The molecule has 1 aliphatic heterocycles. The van der Waals surface area contributed by atoms with Crippen molar-refractivity contribution in [1.82, 2.24) is 10.6 Å². The van der Waals surface area contributed by atoms with E-state index in [-0.39, 0.29) is 24.0 Å². The zero-order chi connectivity index (χ0) is 14.4. The number of benzene rings is 1. The second-order valence-electron chi connectivity index (χ2n) is 4.65. The first-order chi connectivity index (χ1) is 9.66. The third-order valence-electron chi connectivity index (χ3n) is 3.17. The molecular weight excluding hydrogens is 279 g/mol. The fourth-order valence-electron chi connectivity index (χ4n) is 2.03. The minimum absolute atomic E-state index is 0.0635. The molecule has 2 unspecified atom stereocenters. The number of ether oxygens (including phenoxy) is 1. The van der Waals surface area contributed by atoms with Gasteiger partial charge < -0.3 is 15.4 Å². The van der Waals surface area contributed by atoms with Crippen LogP contribution in [0.2, 0.25) is 0 Å². The van der Waals surface area contributed by atoms with Crippen LogP contribution in [0, 0.1) is 5.82 Å². The summed E-state index contributed by atoms with van der Waals surface area (Å²) in [7, 11) is 0. The van der Waals surface area contributed by atoms with E-state index in [1.54, 1.807) is 18.2 Å². The van der Waals surface area contributed by atoms with E-state index in [4.69, 9.17) is 4.74 Å². The smallest absolute Gasteiger partial charge is 0.315 e. The number of nitrogens with one attached hydrogen (secondary N) is 2. The predicted molar refractivity (Wildman–Crippen MR) is 77.5 cm³/mol. The Morgan fingerprint density at radius 1 is 1.50 bits per heavy atom. The number of thioether (sulfide) groups is 1. The summed E-state index contributed by atoms with van der Waals surface area (Å²) in [5.41, 5.74) is 0. The molecule has 110 valence electrons. The molecule has 2 N–H and O–H groups in total. The molecule has 0 spiro atoms. The molecular formula is C14H19FN2O2S. The van der Waals surface area contributed by atoms with Gasteiger partial charge in [-0.15, -0.1) is 11.8 Å². The normalized spacial score (nSPS) is 21.7. The second kappa shape index (κ2) is 7.50. The molecule has 1 heterocycles. The summed E-state index contributed by atoms with van der Waals surface area (Å²) in [6.45, 7) is 3.13. The van der Waals surface area contributed by atoms with Gasteiger partial charge in [-0.3, -0.25) is 0 Å². The van der Waals surface area contributed by atoms with Crippen LogP contribution >= 0.6 is 11.8 Å². The van der Waals surface area contributed by atoms with Gasteiger partial charge in [0, 0.05) is 23.8 Å². The summed E-state index contributed by atoms with van der Waals surface area (Å²) >= 11 is 1.39. The molecule has 0 aliphatic carbocycles. The lowest BCUT2D eigenvalue weighted by molar-refractivity contribution is 0.114. The average molecular weight is 298 g/mol. The minimum atomic E-state index is -0.223. The maximum atomic E-state index is 13.4. The molecule has 1 fully saturated rings. The summed E-state index contributed by atoms with van der Waals surface area (Å²) in [5, 5.41) is 5.65. The number of amides is 2. The van der Waals surface area contributed by atoms with Gasteiger partial charge in [-0.25, -0.2) is 9.18 Å². The van der Waals surface area contributed by atoms with Crippen molar-refractivity contribution in [3.8, 4) is 0 Å². The van der Waals surface area contributed by atoms with Gasteiger partial charge in [0.1, 0.15) is 5.82 Å². The third-order valence-corrected chi connectivity index (χ3v) is 4.22. The molecule has 4 nitrogen and oxygen atoms in total. The maximum absolute atomic E-state index is 13.4. The standard InChI is InChI=1S/C14H19FN2O2S/c1-10-12(6-8-19-10)17-14(18)16-7-9-20-13-5-3-2-4-11(13)15/h2-5,10,12H,6-9H2,1H3,(H2,16,17,18). The summed E-state index contributed by atoms with van der Waals surface area (Å²) < 4.78 is 18.7. The summed E-state index contributed by atoms with van der Waals surface area (Å²) in [5.74, 6) is 0.407. The van der Waals surface area contributed by atoms with Crippen LogP contribution in [-0.2, 0) is 4.74 Å². The van der Waals surface area contributed by atoms with E-state index in [1.807, 2.05) is 6.92 Å². The van der Waals surface area contributed by atoms with Crippen molar-refractivity contribution in [2.24, 2.45) is 0 Å². The van der Waals surface area contributed by atoms with Crippen molar-refractivity contribution in [2.75, 3.05) is 18.9 Å². The van der Waals surface area contributed by atoms with E-state index in [9.17, 15) is 9.18 Å². The van der Waals surface area contributed by atoms with Crippen molar-refractivity contribution in [3.05, 3.63) is 30.1 Å². The zero-order valence-corrected chi connectivity index (χ0v) is 12.2. The third kappa shape index (κ3) is 4.38. The number of urea groups is 1. The van der Waals surface area contributed by atoms with Crippen LogP contribution in [0.15, 0.2) is 29.2 Å². The van der Waals surface area contributed by atoms with Gasteiger partial charge in [-0.2, -0.15) is 0 Å². The van der Waals surface area contributed by atoms with Crippen LogP contribution in [0.4, 0.5) is 9.18 Å². The van der Waals surface area contributed by atoms with Gasteiger partial charge >= 0.3 is 6.03 Å². The van der Waals surface area contributed by atoms with Crippen LogP contribution in [0.25, 0.3) is 0 Å². The molecule has 0 radical (unpaired) electrons. The fraction of sp³-hybridized carbons (Fsp3) is 0.500. The highest BCUT2D eigenvalue weighted by Gasteiger charge is 2.25. The predicted octanol–water partition coefficient (Wildman–Crippen LogP) is 2.39. The molecule has 2 amide bonds. The number of carbonyl (C=O) groups is 1. The lowest BCUT2D eigenvalue weighted by Gasteiger charge is -2.16. The summed E-state index contributed by atoms with van der Waals surface area (Å²) in [6.07, 6.45) is 0.909. The summed E-state index contributed by atoms with van der Waals surface area (Å²) in [6, 6.07) is 6.51. The van der Waals surface area contributed by atoms with Crippen molar-refractivity contribution < 1.29 is 13.9 Å². The van der Waals surface area contributed by atoms with Crippen LogP contribution in [0.1, 0.15) is 13.3 Å². The first-order valence-electron chi connectivity index (χ1n) is 6.70. The van der Waals surface area contributed by atoms with Crippen molar-refractivity contribution >= 4 is 17.8 Å². The Balaban J connectivity index is 1.63. The Labute approximate surface area is 122 Å². The van der Waals surface area contributed by atoms with Crippen LogP contribution < -0.4 is 10.6 Å². The lowest BCUT2D eigenvalue weighted by atomic mass is 10.2. The highest BCUT2D eigenvalue weighted by atomic mass is 32.2. The Hall–Kier alpha value is -1.27. The van der Waals surface area contributed by atoms with E-state index >= 15 is 0 Å². The lowest BCUT2D eigenvalue weighted by Crippen LogP contribution is -2.45. The van der Waals surface area contributed by atoms with E-state index in [0.717, 1.165) is 6.42 Å². The van der Waals surface area contributed by atoms with Crippen molar-refractivity contribution in [1.29, 1.82) is 0 Å². The average Bonchev–Trinajstić information content (AvgIpc) is 2.82. The van der Waals surface area contributed by atoms with Crippen LogP contribution in [0.3, 0.4) is 0 Å². The largest absolute Gasteiger partial charge is 0.376 e. The minimum Gasteiger partial charge on any atom is -0.376 e. The number of hydrogen-bond donors (Lipinski definition) is 2. The Kier molecular flexibility index (Phi) is 5.67. The zero-order valence-electron chi connectivity index (χ0n) is 11.4. The van der Waals surface area contributed by atoms with Gasteiger partial charge in [-0.05, 0) is 25.5 Å². The molecule has 1 aliphatic rings. The molecule has 2 rings (SSSR count). The highest BCUT2D eigenvalue weighted by molar-refractivity contribution is 7.99. The van der Waals surface area contributed by atoms with Crippen molar-refractivity contribution in [3.63, 3.8) is 0 Å². The van der Waals surface area contributed by atoms with Crippen molar-refractivity contribution in [2.45, 2.75) is 30.4 Å². The SMILES string of the molecule is CC1OCCC1NC(=O)NCCSc1ccccc1F. The summed E-state index contributed by atoms with van der Waals surface area (Å²) in [4.78, 5) is 12.3. The van der Waals surface area contributed by atoms with E-state index in [0.29, 0.717) is 23.8 Å². The first-order valence-corrected chi connectivity index (χ1v) is 7.68. The number of carbonyl (C=O) groups excluding carboxylic acids is 1. The molecule has 2 atom stereocenters.